The Morgan fingerprint density at radius 1 is 1.29 bits per heavy atom. The molecule has 0 saturated carbocycles. The third-order valence-electron chi connectivity index (χ3n) is 2.33. The molecule has 0 amide bonds. The van der Waals surface area contributed by atoms with E-state index in [1.54, 1.807) is 0 Å². The van der Waals surface area contributed by atoms with E-state index in [0.29, 0.717) is 6.10 Å². The molecule has 0 aromatic heterocycles. The highest BCUT2D eigenvalue weighted by Crippen LogP contribution is 2.15. The molecule has 0 saturated heterocycles. The Balaban J connectivity index is 2.40. The fourth-order valence-electron chi connectivity index (χ4n) is 1.42. The van der Waals surface area contributed by atoms with E-state index < -0.39 is 0 Å². The van der Waals surface area contributed by atoms with Crippen LogP contribution < -0.4 is 4.74 Å². The van der Waals surface area contributed by atoms with E-state index in [1.165, 1.54) is 12.8 Å². The first-order valence-electron chi connectivity index (χ1n) is 5.49. The zero-order valence-electron chi connectivity index (χ0n) is 9.12. The van der Waals surface area contributed by atoms with E-state index in [0.717, 1.165) is 18.6 Å². The summed E-state index contributed by atoms with van der Waals surface area (Å²) in [6.45, 7) is 4.39. The molecular weight excluding hydrogens is 172 g/mol. The number of benzene rings is 1. The van der Waals surface area contributed by atoms with Gasteiger partial charge >= 0.3 is 0 Å². The molecule has 0 aliphatic carbocycles. The Bertz CT molecular complexity index is 230. The van der Waals surface area contributed by atoms with Crippen molar-refractivity contribution in [1.29, 1.82) is 0 Å². The van der Waals surface area contributed by atoms with Gasteiger partial charge in [-0.05, 0) is 31.0 Å². The molecule has 1 nitrogen and oxygen atoms in total. The standard InChI is InChI=1S/C13H19O/c1-3-5-9-12(4-2)14-13-10-7-6-8-11-13/h7-8,10-12H,3-5,9H2,1-2H3. The van der Waals surface area contributed by atoms with E-state index in [1.807, 2.05) is 24.3 Å². The van der Waals surface area contributed by atoms with Crippen molar-refractivity contribution in [3.05, 3.63) is 30.3 Å². The highest BCUT2D eigenvalue weighted by Gasteiger charge is 2.06. The van der Waals surface area contributed by atoms with Crippen LogP contribution in [0.5, 0.6) is 5.75 Å². The Labute approximate surface area is 87.1 Å². The predicted octanol–water partition coefficient (Wildman–Crippen LogP) is 3.83. The van der Waals surface area contributed by atoms with Crippen molar-refractivity contribution in [2.75, 3.05) is 0 Å². The van der Waals surface area contributed by atoms with Crippen molar-refractivity contribution in [2.45, 2.75) is 45.6 Å². The van der Waals surface area contributed by atoms with Gasteiger partial charge in [-0.25, -0.2) is 0 Å². The van der Waals surface area contributed by atoms with Crippen molar-refractivity contribution in [2.24, 2.45) is 0 Å². The topological polar surface area (TPSA) is 9.23 Å². The lowest BCUT2D eigenvalue weighted by atomic mass is 10.1. The first-order chi connectivity index (χ1) is 6.86. The Morgan fingerprint density at radius 2 is 2.00 bits per heavy atom. The summed E-state index contributed by atoms with van der Waals surface area (Å²) < 4.78 is 5.85. The zero-order chi connectivity index (χ0) is 10.2. The second-order valence-corrected chi connectivity index (χ2v) is 3.53. The minimum atomic E-state index is 0.373. The van der Waals surface area contributed by atoms with Crippen molar-refractivity contribution in [3.8, 4) is 5.75 Å². The summed E-state index contributed by atoms with van der Waals surface area (Å²) in [4.78, 5) is 0. The maximum absolute atomic E-state index is 5.85. The van der Waals surface area contributed by atoms with Gasteiger partial charge in [0.1, 0.15) is 5.75 Å². The van der Waals surface area contributed by atoms with Crippen molar-refractivity contribution in [1.82, 2.24) is 0 Å². The molecule has 14 heavy (non-hydrogen) atoms. The SMILES string of the molecule is CCCCC(CC)Oc1cc[c]cc1. The minimum Gasteiger partial charge on any atom is -0.490 e. The van der Waals surface area contributed by atoms with Gasteiger partial charge in [-0.1, -0.05) is 38.8 Å². The van der Waals surface area contributed by atoms with Gasteiger partial charge < -0.3 is 4.74 Å². The zero-order valence-corrected chi connectivity index (χ0v) is 9.12. The van der Waals surface area contributed by atoms with E-state index in [-0.39, 0.29) is 0 Å². The molecular formula is C13H19O. The summed E-state index contributed by atoms with van der Waals surface area (Å²) in [6.07, 6.45) is 5.10. The molecule has 1 rings (SSSR count). The lowest BCUT2D eigenvalue weighted by Crippen LogP contribution is -2.14. The largest absolute Gasteiger partial charge is 0.490 e. The molecule has 77 valence electrons. The van der Waals surface area contributed by atoms with Crippen LogP contribution in [0.15, 0.2) is 24.3 Å². The minimum absolute atomic E-state index is 0.373. The van der Waals surface area contributed by atoms with E-state index in [2.05, 4.69) is 19.9 Å². The molecule has 1 aromatic carbocycles. The highest BCUT2D eigenvalue weighted by atomic mass is 16.5. The summed E-state index contributed by atoms with van der Waals surface area (Å²) in [5.41, 5.74) is 0. The number of hydrogen-bond donors (Lipinski definition) is 0. The average Bonchev–Trinajstić information content (AvgIpc) is 2.25. The lowest BCUT2D eigenvalue weighted by Gasteiger charge is -2.16. The van der Waals surface area contributed by atoms with E-state index in [4.69, 9.17) is 4.74 Å². The van der Waals surface area contributed by atoms with Crippen LogP contribution in [0, 0.1) is 6.07 Å². The fraction of sp³-hybridized carbons (Fsp3) is 0.538. The molecule has 1 radical (unpaired) electrons. The van der Waals surface area contributed by atoms with Crippen LogP contribution in [-0.4, -0.2) is 6.10 Å². The van der Waals surface area contributed by atoms with Crippen LogP contribution in [0.3, 0.4) is 0 Å². The average molecular weight is 191 g/mol. The van der Waals surface area contributed by atoms with Crippen LogP contribution in [0.2, 0.25) is 0 Å². The molecule has 1 atom stereocenters. The van der Waals surface area contributed by atoms with E-state index in [9.17, 15) is 0 Å². The van der Waals surface area contributed by atoms with Crippen LogP contribution in [0.1, 0.15) is 39.5 Å². The van der Waals surface area contributed by atoms with Crippen molar-refractivity contribution in [3.63, 3.8) is 0 Å². The van der Waals surface area contributed by atoms with Gasteiger partial charge in [0.25, 0.3) is 0 Å². The number of unbranched alkanes of at least 4 members (excludes halogenated alkanes) is 1. The van der Waals surface area contributed by atoms with Gasteiger partial charge in [0.2, 0.25) is 0 Å². The molecule has 0 aliphatic heterocycles. The molecule has 1 unspecified atom stereocenters. The molecule has 0 bridgehead atoms. The third-order valence-corrected chi connectivity index (χ3v) is 2.33. The van der Waals surface area contributed by atoms with Gasteiger partial charge in [-0.3, -0.25) is 0 Å². The maximum Gasteiger partial charge on any atom is 0.119 e. The van der Waals surface area contributed by atoms with Crippen LogP contribution >= 0.6 is 0 Å². The summed E-state index contributed by atoms with van der Waals surface area (Å²) in [7, 11) is 0. The van der Waals surface area contributed by atoms with Gasteiger partial charge in [-0.15, -0.1) is 0 Å². The summed E-state index contributed by atoms with van der Waals surface area (Å²) >= 11 is 0. The highest BCUT2D eigenvalue weighted by molar-refractivity contribution is 5.20. The Morgan fingerprint density at radius 3 is 2.57 bits per heavy atom. The second kappa shape index (κ2) is 6.47. The summed E-state index contributed by atoms with van der Waals surface area (Å²) in [5, 5.41) is 0. The smallest absolute Gasteiger partial charge is 0.119 e. The summed E-state index contributed by atoms with van der Waals surface area (Å²) in [5.74, 6) is 0.965. The monoisotopic (exact) mass is 191 g/mol. The Hall–Kier alpha value is -0.980. The molecule has 1 aromatic rings. The molecule has 0 aliphatic rings. The quantitative estimate of drug-likeness (QED) is 0.664. The normalized spacial score (nSPS) is 12.4. The van der Waals surface area contributed by atoms with Crippen LogP contribution in [0.4, 0.5) is 0 Å². The number of hydrogen-bond acceptors (Lipinski definition) is 1. The van der Waals surface area contributed by atoms with Crippen LogP contribution in [0.25, 0.3) is 0 Å². The van der Waals surface area contributed by atoms with Gasteiger partial charge in [0.15, 0.2) is 0 Å². The van der Waals surface area contributed by atoms with Crippen LogP contribution in [-0.2, 0) is 0 Å². The maximum atomic E-state index is 5.85. The number of rotatable bonds is 6. The van der Waals surface area contributed by atoms with Gasteiger partial charge in [0.05, 0.1) is 6.10 Å². The van der Waals surface area contributed by atoms with E-state index >= 15 is 0 Å². The summed E-state index contributed by atoms with van der Waals surface area (Å²) in [6, 6.07) is 10.7. The first kappa shape index (κ1) is 11.1. The second-order valence-electron chi connectivity index (χ2n) is 3.53. The molecule has 0 heterocycles. The van der Waals surface area contributed by atoms with Crippen molar-refractivity contribution < 1.29 is 4.74 Å². The molecule has 1 heteroatoms. The first-order valence-corrected chi connectivity index (χ1v) is 5.49. The Kier molecular flexibility index (Phi) is 5.13. The third kappa shape index (κ3) is 3.82. The molecule has 0 fully saturated rings. The van der Waals surface area contributed by atoms with Gasteiger partial charge in [0, 0.05) is 0 Å². The fourth-order valence-corrected chi connectivity index (χ4v) is 1.42. The molecule has 0 N–H and O–H groups in total. The predicted molar refractivity (Wildman–Crippen MR) is 59.5 cm³/mol. The van der Waals surface area contributed by atoms with Gasteiger partial charge in [-0.2, -0.15) is 0 Å². The molecule has 0 spiro atoms. The lowest BCUT2D eigenvalue weighted by molar-refractivity contribution is 0.183. The van der Waals surface area contributed by atoms with Crippen molar-refractivity contribution >= 4 is 0 Å². The number of ether oxygens (including phenoxy) is 1.